The minimum Gasteiger partial charge on any atom is -0.492 e. The Balaban J connectivity index is 2.01. The van der Waals surface area contributed by atoms with E-state index in [9.17, 15) is 19.2 Å². The molecule has 0 saturated carbocycles. The third kappa shape index (κ3) is 6.66. The summed E-state index contributed by atoms with van der Waals surface area (Å²) in [6.07, 6.45) is 3.61. The van der Waals surface area contributed by atoms with Crippen molar-refractivity contribution in [2.24, 2.45) is 0 Å². The first-order chi connectivity index (χ1) is 15.4. The molecule has 170 valence electrons. The Hall–Kier alpha value is -3.19. The number of nitrogens with one attached hydrogen (secondary N) is 1. The van der Waals surface area contributed by atoms with Gasteiger partial charge in [-0.3, -0.25) is 24.5 Å². The quantitative estimate of drug-likeness (QED) is 0.406. The highest BCUT2D eigenvalue weighted by molar-refractivity contribution is 6.67. The van der Waals surface area contributed by atoms with E-state index in [-0.39, 0.29) is 24.2 Å². The lowest BCUT2D eigenvalue weighted by molar-refractivity contribution is -0.128. The number of aldehydes is 1. The summed E-state index contributed by atoms with van der Waals surface area (Å²) >= 11 is 0. The number of hydrogen-bond acceptors (Lipinski definition) is 7. The molecule has 1 atom stereocenters. The van der Waals surface area contributed by atoms with Crippen molar-refractivity contribution in [2.75, 3.05) is 33.3 Å². The van der Waals surface area contributed by atoms with Gasteiger partial charge in [0.25, 0.3) is 12.6 Å². The topological polar surface area (TPSA) is 120 Å². The van der Waals surface area contributed by atoms with Gasteiger partial charge in [-0.2, -0.15) is 0 Å². The van der Waals surface area contributed by atoms with Gasteiger partial charge >= 0.3 is 0 Å². The molecule has 1 aliphatic rings. The van der Waals surface area contributed by atoms with Crippen LogP contribution in [0.2, 0.25) is 12.6 Å². The number of amides is 3. The van der Waals surface area contributed by atoms with Crippen LogP contribution in [0.3, 0.4) is 0 Å². The van der Waals surface area contributed by atoms with E-state index < -0.39 is 17.9 Å². The molecule has 9 nitrogen and oxygen atoms in total. The summed E-state index contributed by atoms with van der Waals surface area (Å²) in [7, 11) is 1.47. The number of nitriles is 1. The van der Waals surface area contributed by atoms with E-state index >= 15 is 0 Å². The van der Waals surface area contributed by atoms with Gasteiger partial charge in [0.2, 0.25) is 12.3 Å². The van der Waals surface area contributed by atoms with Crippen LogP contribution in [0, 0.1) is 11.2 Å². The monoisotopic (exact) mass is 440 g/mol. The van der Waals surface area contributed by atoms with E-state index in [1.807, 2.05) is 6.92 Å². The highest BCUT2D eigenvalue weighted by atomic mass is 16.5. The van der Waals surface area contributed by atoms with Crippen LogP contribution in [0.1, 0.15) is 40.5 Å². The molecule has 1 aromatic carbocycles. The average Bonchev–Trinajstić information content (AvgIpc) is 2.82. The fourth-order valence-corrected chi connectivity index (χ4v) is 3.76. The molecule has 2 rings (SSSR count). The fourth-order valence-electron chi connectivity index (χ4n) is 3.76. The number of rotatable bonds is 11. The average molecular weight is 440 g/mol. The van der Waals surface area contributed by atoms with E-state index in [0.717, 1.165) is 25.7 Å². The first-order valence-corrected chi connectivity index (χ1v) is 10.8. The molecule has 32 heavy (non-hydrogen) atoms. The third-order valence-corrected chi connectivity index (χ3v) is 5.68. The lowest BCUT2D eigenvalue weighted by Gasteiger charge is -2.27. The van der Waals surface area contributed by atoms with E-state index in [0.29, 0.717) is 38.0 Å². The maximum Gasteiger partial charge on any atom is 0.270 e. The van der Waals surface area contributed by atoms with Crippen molar-refractivity contribution in [1.29, 1.82) is 5.26 Å². The molecule has 3 amide bonds. The number of imide groups is 1. The zero-order chi connectivity index (χ0) is 23.5. The summed E-state index contributed by atoms with van der Waals surface area (Å²) in [5.41, 5.74) is 0.327. The number of benzene rings is 1. The fraction of sp³-hybridized carbons (Fsp3) is 0.500. The molecule has 1 aliphatic heterocycles. The summed E-state index contributed by atoms with van der Waals surface area (Å²) in [4.78, 5) is 50.9. The predicted molar refractivity (Wildman–Crippen MR) is 120 cm³/mol. The van der Waals surface area contributed by atoms with Crippen molar-refractivity contribution in [2.45, 2.75) is 38.4 Å². The molecule has 1 unspecified atom stereocenters. The Labute approximate surface area is 188 Å². The molecule has 0 spiro atoms. The molecule has 1 fully saturated rings. The molecule has 10 heteroatoms. The van der Waals surface area contributed by atoms with Crippen LogP contribution in [0.25, 0.3) is 0 Å². The Morgan fingerprint density at radius 2 is 2.06 bits per heavy atom. The van der Waals surface area contributed by atoms with Gasteiger partial charge in [-0.25, -0.2) is 5.26 Å². The Morgan fingerprint density at radius 1 is 1.34 bits per heavy atom. The first kappa shape index (κ1) is 25.1. The molecule has 0 bridgehead atoms. The van der Waals surface area contributed by atoms with Gasteiger partial charge in [-0.05, 0) is 50.3 Å². The van der Waals surface area contributed by atoms with Crippen molar-refractivity contribution in [3.05, 3.63) is 29.3 Å². The standard InChI is InChI=1S/C22H29BN4O5/c1-3-4-20(21(30)25-16-29)26(2)22(31)19-6-5-18(13-17(19)14-28)32-12-11-27-9-7-23(15-24)8-10-27/h5-6,13-14,16,20H,3-4,7-12H2,1-2H3,(H,25,29,30). The minimum absolute atomic E-state index is 0.131. The van der Waals surface area contributed by atoms with Gasteiger partial charge in [0.15, 0.2) is 6.29 Å². The minimum atomic E-state index is -0.821. The third-order valence-electron chi connectivity index (χ3n) is 5.68. The zero-order valence-electron chi connectivity index (χ0n) is 18.6. The Kier molecular flexibility index (Phi) is 9.89. The van der Waals surface area contributed by atoms with Crippen LogP contribution in [0.4, 0.5) is 0 Å². The first-order valence-electron chi connectivity index (χ1n) is 10.8. The molecule has 0 aromatic heterocycles. The van der Waals surface area contributed by atoms with Crippen molar-refractivity contribution < 1.29 is 23.9 Å². The molecule has 1 saturated heterocycles. The van der Waals surface area contributed by atoms with Gasteiger partial charge in [0.1, 0.15) is 18.4 Å². The number of nitrogens with zero attached hydrogens (tertiary/aromatic N) is 3. The normalized spacial score (nSPS) is 14.7. The predicted octanol–water partition coefficient (Wildman–Crippen LogP) is 1.26. The van der Waals surface area contributed by atoms with Crippen molar-refractivity contribution >= 4 is 31.2 Å². The Bertz CT molecular complexity index is 864. The van der Waals surface area contributed by atoms with E-state index in [2.05, 4.69) is 16.2 Å². The highest BCUT2D eigenvalue weighted by Crippen LogP contribution is 2.20. The van der Waals surface area contributed by atoms with Crippen LogP contribution in [0.15, 0.2) is 18.2 Å². The Morgan fingerprint density at radius 3 is 2.66 bits per heavy atom. The summed E-state index contributed by atoms with van der Waals surface area (Å²) in [5, 5.41) is 11.1. The lowest BCUT2D eigenvalue weighted by atomic mass is 9.45. The summed E-state index contributed by atoms with van der Waals surface area (Å²) in [6.45, 7) is 4.85. The van der Waals surface area contributed by atoms with E-state index in [1.54, 1.807) is 6.07 Å². The second kappa shape index (κ2) is 12.6. The number of carbonyl (C=O) groups is 4. The SMILES string of the molecule is CCCC(C(=O)NC=O)N(C)C(=O)c1ccc(OCCN2CCB(C#N)CC2)cc1C=O. The summed E-state index contributed by atoms with van der Waals surface area (Å²) < 4.78 is 5.76. The van der Waals surface area contributed by atoms with E-state index in [4.69, 9.17) is 10.00 Å². The summed E-state index contributed by atoms with van der Waals surface area (Å²) in [6, 6.07) is 3.82. The van der Waals surface area contributed by atoms with Crippen molar-refractivity contribution in [1.82, 2.24) is 15.1 Å². The molecule has 0 radical (unpaired) electrons. The molecular weight excluding hydrogens is 411 g/mol. The van der Waals surface area contributed by atoms with Gasteiger partial charge in [0, 0.05) is 25.1 Å². The number of likely N-dealkylation sites (N-methyl/N-ethyl adjacent to an activating group) is 1. The van der Waals surface area contributed by atoms with Gasteiger partial charge in [0.05, 0.1) is 5.56 Å². The zero-order valence-corrected chi connectivity index (χ0v) is 18.6. The molecule has 1 aromatic rings. The van der Waals surface area contributed by atoms with Crippen LogP contribution < -0.4 is 10.1 Å². The molecular formula is C22H29BN4O5. The highest BCUT2D eigenvalue weighted by Gasteiger charge is 2.28. The van der Waals surface area contributed by atoms with E-state index in [1.165, 1.54) is 24.1 Å². The van der Waals surface area contributed by atoms with Crippen LogP contribution in [0.5, 0.6) is 5.75 Å². The molecule has 1 N–H and O–H groups in total. The smallest absolute Gasteiger partial charge is 0.270 e. The second-order valence-corrected chi connectivity index (χ2v) is 7.81. The van der Waals surface area contributed by atoms with Crippen molar-refractivity contribution in [3.8, 4) is 11.7 Å². The number of carbonyl (C=O) groups excluding carboxylic acids is 4. The largest absolute Gasteiger partial charge is 0.492 e. The molecule has 0 aliphatic carbocycles. The van der Waals surface area contributed by atoms with Crippen molar-refractivity contribution in [3.63, 3.8) is 0 Å². The number of hydrogen-bond donors (Lipinski definition) is 1. The van der Waals surface area contributed by atoms with Gasteiger partial charge < -0.3 is 14.5 Å². The second-order valence-electron chi connectivity index (χ2n) is 7.81. The van der Waals surface area contributed by atoms with Gasteiger partial charge in [-0.15, -0.1) is 0 Å². The van der Waals surface area contributed by atoms with Crippen LogP contribution in [-0.4, -0.2) is 80.4 Å². The van der Waals surface area contributed by atoms with Gasteiger partial charge in [-0.1, -0.05) is 13.3 Å². The maximum absolute atomic E-state index is 13.0. The van der Waals surface area contributed by atoms with Crippen LogP contribution in [-0.2, 0) is 9.59 Å². The summed E-state index contributed by atoms with van der Waals surface area (Å²) in [5.74, 6) is 1.73. The lowest BCUT2D eigenvalue weighted by Crippen LogP contribution is -2.47. The van der Waals surface area contributed by atoms with Crippen LogP contribution >= 0.6 is 0 Å². The molecule has 1 heterocycles. The number of ether oxygens (including phenoxy) is 1. The maximum atomic E-state index is 13.0.